The molecule has 0 saturated heterocycles. The Labute approximate surface area is 150 Å². The van der Waals surface area contributed by atoms with Crippen LogP contribution in [0.5, 0.6) is 5.75 Å². The lowest BCUT2D eigenvalue weighted by Crippen LogP contribution is -2.39. The van der Waals surface area contributed by atoms with Gasteiger partial charge >= 0.3 is 10.3 Å². The zero-order valence-corrected chi connectivity index (χ0v) is 16.5. The fourth-order valence-corrected chi connectivity index (χ4v) is 2.77. The number of carbonyl (C=O) groups is 1. The number of nitrogens with two attached hydrogens (primary N) is 2. The van der Waals surface area contributed by atoms with Gasteiger partial charge in [0.25, 0.3) is 0 Å². The van der Waals surface area contributed by atoms with Gasteiger partial charge in [-0.1, -0.05) is 41.5 Å². The van der Waals surface area contributed by atoms with Gasteiger partial charge in [0, 0.05) is 16.8 Å². The molecule has 7 nitrogen and oxygen atoms in total. The number of benzene rings is 1. The summed E-state index contributed by atoms with van der Waals surface area (Å²) < 4.78 is 27.9. The highest BCUT2D eigenvalue weighted by Crippen LogP contribution is 2.38. The van der Waals surface area contributed by atoms with Crippen LogP contribution in [-0.2, 0) is 15.1 Å². The van der Waals surface area contributed by atoms with Crippen LogP contribution in [0.1, 0.15) is 64.5 Å². The number of anilines is 1. The van der Waals surface area contributed by atoms with Crippen LogP contribution in [0.2, 0.25) is 0 Å². The Morgan fingerprint density at radius 3 is 1.80 bits per heavy atom. The second-order valence-electron chi connectivity index (χ2n) is 7.13. The Kier molecular flexibility index (Phi) is 6.99. The monoisotopic (exact) mass is 371 g/mol. The Morgan fingerprint density at radius 2 is 1.48 bits per heavy atom. The summed E-state index contributed by atoms with van der Waals surface area (Å²) in [5.74, 6) is -0.146. The number of nitrogens with one attached hydrogen (secondary N) is 1. The molecular formula is C17H29N3O4S. The first-order chi connectivity index (χ1) is 11.3. The Bertz CT molecular complexity index is 698. The van der Waals surface area contributed by atoms with Crippen molar-refractivity contribution in [3.8, 4) is 5.75 Å². The topological polar surface area (TPSA) is 125 Å². The SMILES string of the molecule is CC(C)c1cc(NC(=O)C(N)C(C)C)cc(C(C)C)c1OS(N)(=O)=O. The smallest absolute Gasteiger partial charge is 0.370 e. The highest BCUT2D eigenvalue weighted by Gasteiger charge is 2.23. The normalized spacial score (nSPS) is 13.4. The number of amides is 1. The van der Waals surface area contributed by atoms with Crippen molar-refractivity contribution in [3.63, 3.8) is 0 Å². The van der Waals surface area contributed by atoms with Crippen LogP contribution >= 0.6 is 0 Å². The maximum absolute atomic E-state index is 12.2. The third-order valence-corrected chi connectivity index (χ3v) is 4.28. The van der Waals surface area contributed by atoms with Crippen LogP contribution in [-0.4, -0.2) is 20.4 Å². The Morgan fingerprint density at radius 1 is 1.04 bits per heavy atom. The largest absolute Gasteiger partial charge is 0.380 e. The van der Waals surface area contributed by atoms with E-state index in [0.717, 1.165) is 0 Å². The zero-order chi connectivity index (χ0) is 19.5. The van der Waals surface area contributed by atoms with Gasteiger partial charge < -0.3 is 15.2 Å². The molecule has 1 atom stereocenters. The molecule has 25 heavy (non-hydrogen) atoms. The number of carbonyl (C=O) groups excluding carboxylic acids is 1. The molecule has 0 aliphatic heterocycles. The van der Waals surface area contributed by atoms with Gasteiger partial charge in [-0.25, -0.2) is 0 Å². The summed E-state index contributed by atoms with van der Waals surface area (Å²) in [6, 6.07) is 2.76. The lowest BCUT2D eigenvalue weighted by Gasteiger charge is -2.22. The molecule has 1 aromatic rings. The molecule has 0 spiro atoms. The third kappa shape index (κ3) is 5.98. The van der Waals surface area contributed by atoms with Crippen molar-refractivity contribution in [1.29, 1.82) is 0 Å². The van der Waals surface area contributed by atoms with Crippen LogP contribution in [0.25, 0.3) is 0 Å². The Hall–Kier alpha value is -1.64. The van der Waals surface area contributed by atoms with E-state index in [2.05, 4.69) is 5.32 Å². The van der Waals surface area contributed by atoms with E-state index in [-0.39, 0.29) is 29.4 Å². The minimum absolute atomic E-state index is 0.000807. The molecule has 0 aliphatic rings. The lowest BCUT2D eigenvalue weighted by molar-refractivity contribution is -0.118. The van der Waals surface area contributed by atoms with E-state index in [1.165, 1.54) is 0 Å². The molecule has 0 saturated carbocycles. The summed E-state index contributed by atoms with van der Waals surface area (Å²) in [7, 11) is -4.16. The van der Waals surface area contributed by atoms with E-state index in [4.69, 9.17) is 15.1 Å². The molecule has 1 amide bonds. The third-order valence-electron chi connectivity index (χ3n) is 3.88. The quantitative estimate of drug-likeness (QED) is 0.679. The molecule has 5 N–H and O–H groups in total. The van der Waals surface area contributed by atoms with E-state index in [0.29, 0.717) is 16.8 Å². The fraction of sp³-hybridized carbons (Fsp3) is 0.588. The highest BCUT2D eigenvalue weighted by molar-refractivity contribution is 7.84. The molecule has 0 aromatic heterocycles. The summed E-state index contributed by atoms with van der Waals surface area (Å²) in [5.41, 5.74) is 7.73. The minimum atomic E-state index is -4.16. The molecule has 1 aromatic carbocycles. The Balaban J connectivity index is 3.42. The van der Waals surface area contributed by atoms with Crippen LogP contribution in [0.15, 0.2) is 12.1 Å². The van der Waals surface area contributed by atoms with Gasteiger partial charge in [-0.2, -0.15) is 13.6 Å². The molecule has 0 heterocycles. The fourth-order valence-electron chi connectivity index (χ4n) is 2.35. The van der Waals surface area contributed by atoms with E-state index in [9.17, 15) is 13.2 Å². The molecule has 1 unspecified atom stereocenters. The maximum Gasteiger partial charge on any atom is 0.380 e. The van der Waals surface area contributed by atoms with Gasteiger partial charge in [0.15, 0.2) is 5.75 Å². The summed E-state index contributed by atoms with van der Waals surface area (Å²) in [6.45, 7) is 11.3. The van der Waals surface area contributed by atoms with Crippen molar-refractivity contribution in [3.05, 3.63) is 23.3 Å². The highest BCUT2D eigenvalue weighted by atomic mass is 32.2. The van der Waals surface area contributed by atoms with Crippen molar-refractivity contribution < 1.29 is 17.4 Å². The lowest BCUT2D eigenvalue weighted by atomic mass is 9.93. The molecule has 0 fully saturated rings. The first kappa shape index (κ1) is 21.4. The van der Waals surface area contributed by atoms with Crippen molar-refractivity contribution in [1.82, 2.24) is 0 Å². The van der Waals surface area contributed by atoms with Crippen molar-refractivity contribution in [2.24, 2.45) is 16.8 Å². The van der Waals surface area contributed by atoms with Gasteiger partial charge in [-0.05, 0) is 29.9 Å². The zero-order valence-electron chi connectivity index (χ0n) is 15.7. The van der Waals surface area contributed by atoms with E-state index in [1.807, 2.05) is 41.5 Å². The maximum atomic E-state index is 12.2. The van der Waals surface area contributed by atoms with Gasteiger partial charge in [-0.15, -0.1) is 0 Å². The second-order valence-corrected chi connectivity index (χ2v) is 8.28. The van der Waals surface area contributed by atoms with Crippen LogP contribution in [0.3, 0.4) is 0 Å². The van der Waals surface area contributed by atoms with Gasteiger partial charge in [0.1, 0.15) is 0 Å². The average Bonchev–Trinajstić information content (AvgIpc) is 2.45. The first-order valence-electron chi connectivity index (χ1n) is 8.30. The number of rotatable bonds is 7. The first-order valence-corrected chi connectivity index (χ1v) is 9.77. The summed E-state index contributed by atoms with van der Waals surface area (Å²) in [6.07, 6.45) is 0. The minimum Gasteiger partial charge on any atom is -0.370 e. The van der Waals surface area contributed by atoms with Gasteiger partial charge in [0.05, 0.1) is 6.04 Å². The number of hydrogen-bond acceptors (Lipinski definition) is 5. The van der Waals surface area contributed by atoms with Gasteiger partial charge in [-0.3, -0.25) is 4.79 Å². The molecule has 8 heteroatoms. The van der Waals surface area contributed by atoms with Crippen LogP contribution in [0, 0.1) is 5.92 Å². The van der Waals surface area contributed by atoms with Crippen LogP contribution < -0.4 is 20.4 Å². The molecule has 0 aliphatic carbocycles. The summed E-state index contributed by atoms with van der Waals surface area (Å²) in [4.78, 5) is 12.2. The van der Waals surface area contributed by atoms with Crippen molar-refractivity contribution in [2.45, 2.75) is 59.4 Å². The molecule has 0 bridgehead atoms. The predicted octanol–water partition coefficient (Wildman–Crippen LogP) is 2.44. The second kappa shape index (κ2) is 8.16. The molecule has 1 rings (SSSR count). The van der Waals surface area contributed by atoms with Crippen LogP contribution in [0.4, 0.5) is 5.69 Å². The summed E-state index contributed by atoms with van der Waals surface area (Å²) >= 11 is 0. The predicted molar refractivity (Wildman–Crippen MR) is 99.8 cm³/mol. The van der Waals surface area contributed by atoms with E-state index in [1.54, 1.807) is 12.1 Å². The molecule has 0 radical (unpaired) electrons. The average molecular weight is 372 g/mol. The standard InChI is InChI=1S/C17H29N3O4S/c1-9(2)13-7-12(20-17(21)15(18)11(5)6)8-14(10(3)4)16(13)24-25(19,22)23/h7-11,15H,18H2,1-6H3,(H,20,21)(H2,19,22,23). The molecular weight excluding hydrogens is 342 g/mol. The van der Waals surface area contributed by atoms with Crippen molar-refractivity contribution in [2.75, 3.05) is 5.32 Å². The summed E-state index contributed by atoms with van der Waals surface area (Å²) in [5, 5.41) is 7.86. The van der Waals surface area contributed by atoms with E-state index < -0.39 is 16.3 Å². The number of hydrogen-bond donors (Lipinski definition) is 3. The van der Waals surface area contributed by atoms with Gasteiger partial charge in [0.2, 0.25) is 5.91 Å². The van der Waals surface area contributed by atoms with Crippen molar-refractivity contribution >= 4 is 21.9 Å². The molecule has 142 valence electrons. The van der Waals surface area contributed by atoms with E-state index >= 15 is 0 Å².